The molecule has 0 fully saturated rings. The smallest absolute Gasteiger partial charge is 0.287 e. The van der Waals surface area contributed by atoms with E-state index in [1.807, 2.05) is 12.1 Å². The summed E-state index contributed by atoms with van der Waals surface area (Å²) >= 11 is 0. The average molecular weight is 527 g/mol. The van der Waals surface area contributed by atoms with Gasteiger partial charge in [0.1, 0.15) is 0 Å². The third kappa shape index (κ3) is 8.14. The van der Waals surface area contributed by atoms with E-state index in [0.717, 1.165) is 36.8 Å². The lowest BCUT2D eigenvalue weighted by Gasteiger charge is -2.42. The highest BCUT2D eigenvalue weighted by Gasteiger charge is 2.37. The third-order valence-electron chi connectivity index (χ3n) is 7.55. The fourth-order valence-corrected chi connectivity index (χ4v) is 6.02. The van der Waals surface area contributed by atoms with E-state index in [2.05, 4.69) is 84.9 Å². The molecule has 0 atom stereocenters. The Morgan fingerprint density at radius 3 is 1.97 bits per heavy atom. The minimum atomic E-state index is -3.56. The molecule has 4 nitrogen and oxygen atoms in total. The van der Waals surface area contributed by atoms with Crippen molar-refractivity contribution in [3.05, 3.63) is 70.3 Å². The molecule has 1 aliphatic rings. The van der Waals surface area contributed by atoms with Crippen LogP contribution >= 0.6 is 7.82 Å². The summed E-state index contributed by atoms with van der Waals surface area (Å²) < 4.78 is 29.8. The SMILES string of the molecule is CCCCOP(=O)(OCCCC)OCc1ccc(/C=C(\C)c2ccc3c(c2)C(C)(C)CCC3(C)C)cc1. The van der Waals surface area contributed by atoms with E-state index < -0.39 is 7.82 Å². The van der Waals surface area contributed by atoms with Crippen molar-refractivity contribution in [3.8, 4) is 0 Å². The zero-order chi connectivity index (χ0) is 27.1. The van der Waals surface area contributed by atoms with Gasteiger partial charge in [0.05, 0.1) is 19.8 Å². The van der Waals surface area contributed by atoms with Crippen LogP contribution in [0.5, 0.6) is 0 Å². The van der Waals surface area contributed by atoms with Gasteiger partial charge in [0.15, 0.2) is 0 Å². The van der Waals surface area contributed by atoms with Gasteiger partial charge in [-0.1, -0.05) is 103 Å². The van der Waals surface area contributed by atoms with Gasteiger partial charge in [-0.2, -0.15) is 0 Å². The van der Waals surface area contributed by atoms with Crippen LogP contribution in [0.25, 0.3) is 11.6 Å². The predicted octanol–water partition coefficient (Wildman–Crippen LogP) is 9.85. The van der Waals surface area contributed by atoms with Crippen LogP contribution in [0.15, 0.2) is 42.5 Å². The Balaban J connectivity index is 1.70. The van der Waals surface area contributed by atoms with Crippen LogP contribution in [0.2, 0.25) is 0 Å². The zero-order valence-corrected chi connectivity index (χ0v) is 25.0. The van der Waals surface area contributed by atoms with Crippen molar-refractivity contribution < 1.29 is 18.1 Å². The molecule has 0 heterocycles. The average Bonchev–Trinajstić information content (AvgIpc) is 2.87. The Hall–Kier alpha value is -1.71. The highest BCUT2D eigenvalue weighted by Crippen LogP contribution is 2.50. The van der Waals surface area contributed by atoms with Crippen molar-refractivity contribution in [1.82, 2.24) is 0 Å². The van der Waals surface area contributed by atoms with Crippen molar-refractivity contribution in [2.45, 2.75) is 104 Å². The monoisotopic (exact) mass is 526 g/mol. The predicted molar refractivity (Wildman–Crippen MR) is 156 cm³/mol. The normalized spacial score (nSPS) is 17.0. The molecule has 0 spiro atoms. The molecule has 5 heteroatoms. The van der Waals surface area contributed by atoms with E-state index in [0.29, 0.717) is 13.2 Å². The first-order valence-corrected chi connectivity index (χ1v) is 15.4. The largest absolute Gasteiger partial charge is 0.475 e. The van der Waals surface area contributed by atoms with Crippen molar-refractivity contribution >= 4 is 19.5 Å². The molecular weight excluding hydrogens is 479 g/mol. The summed E-state index contributed by atoms with van der Waals surface area (Å²) in [4.78, 5) is 0. The van der Waals surface area contributed by atoms with Gasteiger partial charge in [-0.25, -0.2) is 4.57 Å². The van der Waals surface area contributed by atoms with E-state index in [1.54, 1.807) is 0 Å². The Morgan fingerprint density at radius 1 is 0.838 bits per heavy atom. The summed E-state index contributed by atoms with van der Waals surface area (Å²) in [5.41, 5.74) is 7.96. The van der Waals surface area contributed by atoms with Crippen LogP contribution in [0.1, 0.15) is 115 Å². The molecule has 1 aliphatic carbocycles. The maximum atomic E-state index is 13.0. The van der Waals surface area contributed by atoms with Gasteiger partial charge in [-0.05, 0) is 76.8 Å². The Morgan fingerprint density at radius 2 is 1.41 bits per heavy atom. The number of hydrogen-bond donors (Lipinski definition) is 0. The van der Waals surface area contributed by atoms with E-state index in [1.165, 1.54) is 35.1 Å². The Bertz CT molecular complexity index is 1080. The third-order valence-corrected chi connectivity index (χ3v) is 9.00. The van der Waals surface area contributed by atoms with Crippen LogP contribution in [-0.4, -0.2) is 13.2 Å². The van der Waals surface area contributed by atoms with Gasteiger partial charge in [0.25, 0.3) is 0 Å². The van der Waals surface area contributed by atoms with Crippen LogP contribution < -0.4 is 0 Å². The molecular formula is C32H47O4P. The zero-order valence-electron chi connectivity index (χ0n) is 24.1. The van der Waals surface area contributed by atoms with E-state index in [4.69, 9.17) is 13.6 Å². The molecule has 0 saturated heterocycles. The molecule has 0 bridgehead atoms. The highest BCUT2D eigenvalue weighted by atomic mass is 31.2. The molecule has 0 radical (unpaired) electrons. The van der Waals surface area contributed by atoms with Gasteiger partial charge in [-0.15, -0.1) is 0 Å². The van der Waals surface area contributed by atoms with Gasteiger partial charge in [0, 0.05) is 0 Å². The molecule has 0 aliphatic heterocycles. The number of fused-ring (bicyclic) bond motifs is 1. The van der Waals surface area contributed by atoms with Crippen LogP contribution in [0.3, 0.4) is 0 Å². The molecule has 204 valence electrons. The summed E-state index contributed by atoms with van der Waals surface area (Å²) in [5.74, 6) is 0. The summed E-state index contributed by atoms with van der Waals surface area (Å²) in [7, 11) is -3.56. The standard InChI is InChI=1S/C32H47O4P/c1-8-10-20-34-37(33,35-21-11-9-2)36-24-27-14-12-26(13-15-27)22-25(3)28-16-17-29-30(23-28)32(6,7)19-18-31(29,4)5/h12-17,22-23H,8-11,18-21,24H2,1-7H3/b25-22+. The molecule has 2 aromatic carbocycles. The second kappa shape index (κ2) is 12.9. The van der Waals surface area contributed by atoms with Crippen molar-refractivity contribution in [1.29, 1.82) is 0 Å². The van der Waals surface area contributed by atoms with Crippen LogP contribution in [0.4, 0.5) is 0 Å². The summed E-state index contributed by atoms with van der Waals surface area (Å²) in [6, 6.07) is 15.2. The maximum absolute atomic E-state index is 13.0. The number of hydrogen-bond acceptors (Lipinski definition) is 4. The molecule has 3 rings (SSSR count). The second-order valence-corrected chi connectivity index (χ2v) is 13.4. The Kier molecular flexibility index (Phi) is 10.4. The molecule has 0 unspecified atom stereocenters. The first-order valence-electron chi connectivity index (χ1n) is 14.0. The number of benzene rings is 2. The fraction of sp³-hybridized carbons (Fsp3) is 0.562. The summed E-state index contributed by atoms with van der Waals surface area (Å²) in [5, 5.41) is 0. The van der Waals surface area contributed by atoms with E-state index in [9.17, 15) is 4.57 Å². The molecule has 0 saturated carbocycles. The molecule has 0 aromatic heterocycles. The fourth-order valence-electron chi connectivity index (χ4n) is 4.78. The quantitative estimate of drug-likeness (QED) is 0.148. The lowest BCUT2D eigenvalue weighted by molar-refractivity contribution is 0.106. The highest BCUT2D eigenvalue weighted by molar-refractivity contribution is 7.48. The van der Waals surface area contributed by atoms with Gasteiger partial charge in [-0.3, -0.25) is 13.6 Å². The Labute approximate surface area is 225 Å². The number of phosphoric ester groups is 1. The van der Waals surface area contributed by atoms with Crippen LogP contribution in [0, 0.1) is 0 Å². The minimum Gasteiger partial charge on any atom is -0.287 e. The molecule has 2 aromatic rings. The maximum Gasteiger partial charge on any atom is 0.475 e. The lowest BCUT2D eigenvalue weighted by Crippen LogP contribution is -2.33. The molecule has 37 heavy (non-hydrogen) atoms. The van der Waals surface area contributed by atoms with Crippen molar-refractivity contribution in [3.63, 3.8) is 0 Å². The van der Waals surface area contributed by atoms with Crippen LogP contribution in [-0.2, 0) is 35.6 Å². The van der Waals surface area contributed by atoms with E-state index >= 15 is 0 Å². The van der Waals surface area contributed by atoms with Crippen molar-refractivity contribution in [2.75, 3.05) is 13.2 Å². The minimum absolute atomic E-state index is 0.189. The summed E-state index contributed by atoms with van der Waals surface area (Å²) in [6.07, 6.45) is 8.23. The first-order chi connectivity index (χ1) is 17.5. The molecule has 0 N–H and O–H groups in total. The van der Waals surface area contributed by atoms with Gasteiger partial charge < -0.3 is 0 Å². The topological polar surface area (TPSA) is 44.8 Å². The second-order valence-electron chi connectivity index (χ2n) is 11.7. The van der Waals surface area contributed by atoms with Gasteiger partial charge in [0.2, 0.25) is 0 Å². The summed E-state index contributed by atoms with van der Waals surface area (Å²) in [6.45, 7) is 16.7. The first kappa shape index (κ1) is 29.8. The number of unbranched alkanes of at least 4 members (excludes halogenated alkanes) is 2. The number of allylic oxidation sites excluding steroid dienone is 1. The molecule has 0 amide bonds. The van der Waals surface area contributed by atoms with Gasteiger partial charge >= 0.3 is 7.82 Å². The van der Waals surface area contributed by atoms with E-state index in [-0.39, 0.29) is 17.4 Å². The van der Waals surface area contributed by atoms with Crippen molar-refractivity contribution in [2.24, 2.45) is 0 Å². The lowest BCUT2D eigenvalue weighted by atomic mass is 9.63. The number of phosphoric acid groups is 1. The number of rotatable bonds is 13.